The molecule has 0 aromatic heterocycles. The zero-order chi connectivity index (χ0) is 21.2. The molecule has 3 atom stereocenters. The molecule has 152 valence electrons. The Morgan fingerprint density at radius 1 is 1.00 bits per heavy atom. The molecule has 0 amide bonds. The van der Waals surface area contributed by atoms with Gasteiger partial charge in [0.25, 0.3) is 0 Å². The minimum Gasteiger partial charge on any atom is -0.458 e. The Morgan fingerprint density at radius 2 is 1.48 bits per heavy atom. The maximum atomic E-state index is 14.6. The largest absolute Gasteiger partial charge is 0.458 e. The quantitative estimate of drug-likeness (QED) is 0.418. The first-order valence-corrected chi connectivity index (χ1v) is 9.16. The molecule has 6 nitrogen and oxygen atoms in total. The second kappa shape index (κ2) is 8.21. The van der Waals surface area contributed by atoms with Crippen LogP contribution in [0.2, 0.25) is 0 Å². The molecule has 1 heterocycles. The number of halogens is 2. The summed E-state index contributed by atoms with van der Waals surface area (Å²) >= 11 is 5.63. The molecule has 3 unspecified atom stereocenters. The maximum Gasteiger partial charge on any atom is 0.364 e. The summed E-state index contributed by atoms with van der Waals surface area (Å²) in [6.45, 7) is 3.17. The summed E-state index contributed by atoms with van der Waals surface area (Å²) in [5.41, 5.74) is 2.29. The number of rotatable bonds is 5. The molecule has 3 rings (SSSR count). The number of hydrogen-bond acceptors (Lipinski definition) is 6. The lowest BCUT2D eigenvalue weighted by Gasteiger charge is -2.21. The highest BCUT2D eigenvalue weighted by Gasteiger charge is 2.61. The van der Waals surface area contributed by atoms with Crippen molar-refractivity contribution in [1.82, 2.24) is 0 Å². The highest BCUT2D eigenvalue weighted by atomic mass is 35.5. The van der Waals surface area contributed by atoms with Gasteiger partial charge in [-0.1, -0.05) is 47.0 Å². The third kappa shape index (κ3) is 4.56. The van der Waals surface area contributed by atoms with Crippen LogP contribution in [0.15, 0.2) is 48.5 Å². The zero-order valence-corrected chi connectivity index (χ0v) is 16.4. The molecular formula is C21H18ClFO6. The second-order valence-corrected chi connectivity index (χ2v) is 7.27. The van der Waals surface area contributed by atoms with Gasteiger partial charge in [-0.05, 0) is 38.1 Å². The van der Waals surface area contributed by atoms with E-state index in [2.05, 4.69) is 0 Å². The highest BCUT2D eigenvalue weighted by molar-refractivity contribution is 6.34. The van der Waals surface area contributed by atoms with Gasteiger partial charge in [0, 0.05) is 0 Å². The number of aryl methyl sites for hydroxylation is 2. The summed E-state index contributed by atoms with van der Waals surface area (Å²) in [6, 6.07) is 12.9. The summed E-state index contributed by atoms with van der Waals surface area (Å²) in [5.74, 6) is -2.99. The predicted molar refractivity (Wildman–Crippen MR) is 101 cm³/mol. The van der Waals surface area contributed by atoms with E-state index in [0.29, 0.717) is 0 Å². The van der Waals surface area contributed by atoms with Crippen molar-refractivity contribution >= 4 is 29.5 Å². The number of hydrogen-bond donors (Lipinski definition) is 0. The molecule has 0 N–H and O–H groups in total. The van der Waals surface area contributed by atoms with E-state index in [1.807, 2.05) is 13.8 Å². The molecule has 2 aromatic carbocycles. The van der Waals surface area contributed by atoms with Gasteiger partial charge in [-0.15, -0.1) is 0 Å². The summed E-state index contributed by atoms with van der Waals surface area (Å²) in [7, 11) is 0. The number of alkyl halides is 2. The minimum atomic E-state index is -3.08. The smallest absolute Gasteiger partial charge is 0.364 e. The van der Waals surface area contributed by atoms with Gasteiger partial charge in [0.05, 0.1) is 11.1 Å². The second-order valence-electron chi connectivity index (χ2n) is 6.72. The van der Waals surface area contributed by atoms with Crippen molar-refractivity contribution in [2.75, 3.05) is 6.61 Å². The number of esters is 3. The first-order valence-electron chi connectivity index (χ1n) is 8.79. The van der Waals surface area contributed by atoms with Crippen molar-refractivity contribution in [2.24, 2.45) is 0 Å². The SMILES string of the molecule is Cc1ccc(C(=O)OCC2OC(=O)C(F)(Cl)C2OC(=O)c2ccc(C)cc2)cc1. The first kappa shape index (κ1) is 20.8. The average molecular weight is 421 g/mol. The topological polar surface area (TPSA) is 78.9 Å². The number of benzene rings is 2. The normalized spacial score (nSPS) is 23.4. The van der Waals surface area contributed by atoms with Crippen LogP contribution in [0.4, 0.5) is 4.39 Å². The third-order valence-corrected chi connectivity index (χ3v) is 4.78. The lowest BCUT2D eigenvalue weighted by atomic mass is 10.1. The van der Waals surface area contributed by atoms with Gasteiger partial charge in [0.2, 0.25) is 6.10 Å². The summed E-state index contributed by atoms with van der Waals surface area (Å²) < 4.78 is 29.7. The van der Waals surface area contributed by atoms with Crippen molar-refractivity contribution in [1.29, 1.82) is 0 Å². The average Bonchev–Trinajstić information content (AvgIpc) is 2.90. The molecule has 1 fully saturated rings. The fourth-order valence-electron chi connectivity index (χ4n) is 2.70. The van der Waals surface area contributed by atoms with Crippen molar-refractivity contribution < 1.29 is 33.0 Å². The Balaban J connectivity index is 1.70. The van der Waals surface area contributed by atoms with Gasteiger partial charge >= 0.3 is 23.0 Å². The summed E-state index contributed by atoms with van der Waals surface area (Å²) in [6.07, 6.45) is -3.16. The van der Waals surface area contributed by atoms with Crippen LogP contribution in [0.3, 0.4) is 0 Å². The monoisotopic (exact) mass is 420 g/mol. The van der Waals surface area contributed by atoms with E-state index in [0.717, 1.165) is 11.1 Å². The van der Waals surface area contributed by atoms with Crippen LogP contribution in [0, 0.1) is 13.8 Å². The molecule has 1 aliphatic heterocycles. The maximum absolute atomic E-state index is 14.6. The molecule has 0 bridgehead atoms. The Bertz CT molecular complexity index is 923. The lowest BCUT2D eigenvalue weighted by molar-refractivity contribution is -0.147. The van der Waals surface area contributed by atoms with Crippen LogP contribution in [-0.4, -0.2) is 41.9 Å². The molecule has 0 aliphatic carbocycles. The van der Waals surface area contributed by atoms with Crippen LogP contribution in [0.25, 0.3) is 0 Å². The number of carbonyl (C=O) groups excluding carboxylic acids is 3. The number of cyclic esters (lactones) is 1. The van der Waals surface area contributed by atoms with Crippen LogP contribution in [0.5, 0.6) is 0 Å². The Morgan fingerprint density at radius 3 is 2.00 bits per heavy atom. The van der Waals surface area contributed by atoms with Crippen molar-refractivity contribution in [3.05, 3.63) is 70.8 Å². The van der Waals surface area contributed by atoms with Crippen LogP contribution in [-0.2, 0) is 19.0 Å². The van der Waals surface area contributed by atoms with Gasteiger partial charge in [0.1, 0.15) is 6.61 Å². The zero-order valence-electron chi connectivity index (χ0n) is 15.7. The molecule has 0 radical (unpaired) electrons. The summed E-state index contributed by atoms with van der Waals surface area (Å²) in [4.78, 5) is 36.2. The number of carbonyl (C=O) groups is 3. The molecule has 1 saturated heterocycles. The molecule has 0 saturated carbocycles. The van der Waals surface area contributed by atoms with Crippen molar-refractivity contribution in [3.8, 4) is 0 Å². The predicted octanol–water partition coefficient (Wildman–Crippen LogP) is 3.52. The Labute approximate surface area is 171 Å². The van der Waals surface area contributed by atoms with Gasteiger partial charge in [0.15, 0.2) is 6.10 Å². The molecule has 0 spiro atoms. The lowest BCUT2D eigenvalue weighted by Crippen LogP contribution is -2.42. The molecule has 2 aromatic rings. The molecule has 8 heteroatoms. The fraction of sp³-hybridized carbons (Fsp3) is 0.286. The van der Waals surface area contributed by atoms with Gasteiger partial charge in [-0.3, -0.25) is 0 Å². The van der Waals surface area contributed by atoms with E-state index in [1.165, 1.54) is 12.1 Å². The van der Waals surface area contributed by atoms with E-state index < -0.39 is 41.9 Å². The van der Waals surface area contributed by atoms with Crippen LogP contribution in [0.1, 0.15) is 31.8 Å². The third-order valence-electron chi connectivity index (χ3n) is 4.41. The molecular weight excluding hydrogens is 403 g/mol. The van der Waals surface area contributed by atoms with Gasteiger partial charge in [-0.25, -0.2) is 18.8 Å². The Kier molecular flexibility index (Phi) is 5.88. The van der Waals surface area contributed by atoms with E-state index >= 15 is 0 Å². The molecule has 29 heavy (non-hydrogen) atoms. The fourth-order valence-corrected chi connectivity index (χ4v) is 2.93. The van der Waals surface area contributed by atoms with E-state index in [1.54, 1.807) is 36.4 Å². The van der Waals surface area contributed by atoms with Crippen molar-refractivity contribution in [2.45, 2.75) is 31.2 Å². The van der Waals surface area contributed by atoms with Gasteiger partial charge in [-0.2, -0.15) is 0 Å². The minimum absolute atomic E-state index is 0.151. The van der Waals surface area contributed by atoms with E-state index in [-0.39, 0.29) is 11.1 Å². The van der Waals surface area contributed by atoms with Crippen LogP contribution >= 0.6 is 11.6 Å². The molecule has 1 aliphatic rings. The van der Waals surface area contributed by atoms with E-state index in [9.17, 15) is 18.8 Å². The van der Waals surface area contributed by atoms with Crippen LogP contribution < -0.4 is 0 Å². The highest BCUT2D eigenvalue weighted by Crippen LogP contribution is 2.37. The van der Waals surface area contributed by atoms with Crippen molar-refractivity contribution in [3.63, 3.8) is 0 Å². The van der Waals surface area contributed by atoms with E-state index in [4.69, 9.17) is 25.8 Å². The summed E-state index contributed by atoms with van der Waals surface area (Å²) in [5, 5.41) is -3.08. The van der Waals surface area contributed by atoms with Gasteiger partial charge < -0.3 is 14.2 Å². The number of ether oxygens (including phenoxy) is 3. The Hall–Kier alpha value is -2.93. The first-order chi connectivity index (χ1) is 13.7. The standard InChI is InChI=1S/C21H18ClFO6/c1-12-3-7-14(8-4-12)18(24)27-11-16-17(21(22,23)20(26)28-16)29-19(25)15-9-5-13(2)6-10-15/h3-10,16-17H,11H2,1-2H3.